The number of nitrogens with one attached hydrogen (secondary N) is 1. The van der Waals surface area contributed by atoms with E-state index in [0.29, 0.717) is 13.2 Å². The molecule has 0 atom stereocenters. The van der Waals surface area contributed by atoms with Crippen LogP contribution >= 0.6 is 0 Å². The summed E-state index contributed by atoms with van der Waals surface area (Å²) in [5, 5.41) is 2.67. The summed E-state index contributed by atoms with van der Waals surface area (Å²) < 4.78 is 4.94. The summed E-state index contributed by atoms with van der Waals surface area (Å²) >= 11 is 0. The molecule has 82 valence electrons. The highest BCUT2D eigenvalue weighted by Gasteiger charge is 2.00. The lowest BCUT2D eigenvalue weighted by atomic mass is 10.3. The second-order valence-corrected chi connectivity index (χ2v) is 3.20. The third-order valence-electron chi connectivity index (χ3n) is 1.92. The Morgan fingerprint density at radius 2 is 2.20 bits per heavy atom. The zero-order valence-corrected chi connectivity index (χ0v) is 8.90. The fraction of sp³-hybridized carbons (Fsp3) is 0.455. The summed E-state index contributed by atoms with van der Waals surface area (Å²) in [6, 6.07) is 3.71. The van der Waals surface area contributed by atoms with E-state index in [1.807, 2.05) is 12.1 Å². The third kappa shape index (κ3) is 5.00. The van der Waals surface area contributed by atoms with Crippen LogP contribution in [-0.4, -0.2) is 17.7 Å². The minimum Gasteiger partial charge on any atom is -0.450 e. The largest absolute Gasteiger partial charge is 0.450 e. The molecular formula is C11H16N2O2. The van der Waals surface area contributed by atoms with Crippen molar-refractivity contribution in [2.45, 2.75) is 26.3 Å². The molecule has 1 amide bonds. The summed E-state index contributed by atoms with van der Waals surface area (Å²) in [5.74, 6) is 0. The number of hydrogen-bond acceptors (Lipinski definition) is 3. The Morgan fingerprint density at radius 3 is 2.87 bits per heavy atom. The van der Waals surface area contributed by atoms with Crippen LogP contribution in [-0.2, 0) is 11.3 Å². The van der Waals surface area contributed by atoms with E-state index in [0.717, 1.165) is 18.4 Å². The Morgan fingerprint density at radius 1 is 1.47 bits per heavy atom. The number of rotatable bonds is 5. The van der Waals surface area contributed by atoms with Gasteiger partial charge in [0, 0.05) is 18.9 Å². The van der Waals surface area contributed by atoms with Crippen LogP contribution in [0.3, 0.4) is 0 Å². The fourth-order valence-electron chi connectivity index (χ4n) is 1.04. The highest BCUT2D eigenvalue weighted by atomic mass is 16.5. The second-order valence-electron chi connectivity index (χ2n) is 3.20. The van der Waals surface area contributed by atoms with Crippen LogP contribution in [0.4, 0.5) is 4.79 Å². The molecule has 1 aromatic rings. The van der Waals surface area contributed by atoms with Gasteiger partial charge in [-0.1, -0.05) is 13.3 Å². The van der Waals surface area contributed by atoms with Crippen molar-refractivity contribution < 1.29 is 9.53 Å². The zero-order chi connectivity index (χ0) is 10.9. The van der Waals surface area contributed by atoms with Gasteiger partial charge in [-0.3, -0.25) is 4.98 Å². The maximum Gasteiger partial charge on any atom is 0.407 e. The number of carbonyl (C=O) groups is 1. The molecular weight excluding hydrogens is 192 g/mol. The Hall–Kier alpha value is -1.58. The molecule has 1 rings (SSSR count). The lowest BCUT2D eigenvalue weighted by Crippen LogP contribution is -2.24. The maximum atomic E-state index is 11.1. The monoisotopic (exact) mass is 208 g/mol. The Kier molecular flexibility index (Phi) is 5.22. The highest BCUT2D eigenvalue weighted by molar-refractivity contribution is 5.67. The SMILES string of the molecule is CCCCOC(=O)NCc1ccncc1. The zero-order valence-electron chi connectivity index (χ0n) is 8.90. The maximum absolute atomic E-state index is 11.1. The van der Waals surface area contributed by atoms with Crippen molar-refractivity contribution in [3.8, 4) is 0 Å². The predicted molar refractivity (Wildman–Crippen MR) is 57.3 cm³/mol. The molecule has 0 saturated carbocycles. The average Bonchev–Trinajstić information content (AvgIpc) is 2.28. The van der Waals surface area contributed by atoms with Gasteiger partial charge in [-0.05, 0) is 24.1 Å². The normalized spacial score (nSPS) is 9.67. The van der Waals surface area contributed by atoms with Crippen LogP contribution in [0.5, 0.6) is 0 Å². The molecule has 1 N–H and O–H groups in total. The number of amides is 1. The van der Waals surface area contributed by atoms with E-state index < -0.39 is 0 Å². The van der Waals surface area contributed by atoms with E-state index in [1.165, 1.54) is 0 Å². The molecule has 0 saturated heterocycles. The summed E-state index contributed by atoms with van der Waals surface area (Å²) in [7, 11) is 0. The van der Waals surface area contributed by atoms with Gasteiger partial charge in [0.1, 0.15) is 0 Å². The first-order chi connectivity index (χ1) is 7.33. The summed E-state index contributed by atoms with van der Waals surface area (Å²) in [6.07, 6.45) is 4.96. The quantitative estimate of drug-likeness (QED) is 0.754. The second kappa shape index (κ2) is 6.81. The molecule has 0 aliphatic heterocycles. The molecule has 0 aliphatic carbocycles. The van der Waals surface area contributed by atoms with E-state index >= 15 is 0 Å². The average molecular weight is 208 g/mol. The minimum absolute atomic E-state index is 0.361. The van der Waals surface area contributed by atoms with Crippen LogP contribution in [0.25, 0.3) is 0 Å². The van der Waals surface area contributed by atoms with Gasteiger partial charge in [-0.25, -0.2) is 4.79 Å². The first-order valence-electron chi connectivity index (χ1n) is 5.12. The van der Waals surface area contributed by atoms with E-state index in [1.54, 1.807) is 12.4 Å². The molecule has 4 heteroatoms. The Bertz CT molecular complexity index is 288. The molecule has 1 aromatic heterocycles. The highest BCUT2D eigenvalue weighted by Crippen LogP contribution is 1.95. The Labute approximate surface area is 89.7 Å². The van der Waals surface area contributed by atoms with Crippen molar-refractivity contribution in [3.05, 3.63) is 30.1 Å². The van der Waals surface area contributed by atoms with Crippen LogP contribution in [0.1, 0.15) is 25.3 Å². The lowest BCUT2D eigenvalue weighted by Gasteiger charge is -2.05. The van der Waals surface area contributed by atoms with Crippen molar-refractivity contribution in [2.75, 3.05) is 6.61 Å². The minimum atomic E-state index is -0.361. The van der Waals surface area contributed by atoms with Crippen molar-refractivity contribution in [1.29, 1.82) is 0 Å². The van der Waals surface area contributed by atoms with Crippen LogP contribution in [0.15, 0.2) is 24.5 Å². The van der Waals surface area contributed by atoms with E-state index in [-0.39, 0.29) is 6.09 Å². The van der Waals surface area contributed by atoms with E-state index in [2.05, 4.69) is 17.2 Å². The van der Waals surface area contributed by atoms with Gasteiger partial charge in [-0.15, -0.1) is 0 Å². The number of hydrogen-bond donors (Lipinski definition) is 1. The number of alkyl carbamates (subject to hydrolysis) is 1. The number of carbonyl (C=O) groups excluding carboxylic acids is 1. The fourth-order valence-corrected chi connectivity index (χ4v) is 1.04. The van der Waals surface area contributed by atoms with Gasteiger partial charge in [0.05, 0.1) is 6.61 Å². The molecule has 1 heterocycles. The van der Waals surface area contributed by atoms with Gasteiger partial charge in [0.2, 0.25) is 0 Å². The lowest BCUT2D eigenvalue weighted by molar-refractivity contribution is 0.144. The molecule has 0 spiro atoms. The van der Waals surface area contributed by atoms with E-state index in [4.69, 9.17) is 4.74 Å². The first-order valence-corrected chi connectivity index (χ1v) is 5.12. The van der Waals surface area contributed by atoms with Crippen molar-refractivity contribution >= 4 is 6.09 Å². The van der Waals surface area contributed by atoms with Crippen LogP contribution in [0, 0.1) is 0 Å². The molecule has 0 aliphatic rings. The van der Waals surface area contributed by atoms with Crippen molar-refractivity contribution in [3.63, 3.8) is 0 Å². The standard InChI is InChI=1S/C11H16N2O2/c1-2-3-8-15-11(14)13-9-10-4-6-12-7-5-10/h4-7H,2-3,8-9H2,1H3,(H,13,14). The molecule has 4 nitrogen and oxygen atoms in total. The topological polar surface area (TPSA) is 51.2 Å². The molecule has 0 bridgehead atoms. The molecule has 0 unspecified atom stereocenters. The third-order valence-corrected chi connectivity index (χ3v) is 1.92. The number of nitrogens with zero attached hydrogens (tertiary/aromatic N) is 1. The van der Waals surface area contributed by atoms with Crippen LogP contribution < -0.4 is 5.32 Å². The van der Waals surface area contributed by atoms with Gasteiger partial charge in [0.25, 0.3) is 0 Å². The molecule has 0 radical (unpaired) electrons. The Balaban J connectivity index is 2.17. The van der Waals surface area contributed by atoms with Gasteiger partial charge in [-0.2, -0.15) is 0 Å². The number of ether oxygens (including phenoxy) is 1. The van der Waals surface area contributed by atoms with Gasteiger partial charge in [0.15, 0.2) is 0 Å². The van der Waals surface area contributed by atoms with Crippen LogP contribution in [0.2, 0.25) is 0 Å². The van der Waals surface area contributed by atoms with E-state index in [9.17, 15) is 4.79 Å². The summed E-state index contributed by atoms with van der Waals surface area (Å²) in [4.78, 5) is 15.0. The van der Waals surface area contributed by atoms with Gasteiger partial charge < -0.3 is 10.1 Å². The molecule has 0 aromatic carbocycles. The smallest absolute Gasteiger partial charge is 0.407 e. The molecule has 15 heavy (non-hydrogen) atoms. The molecule has 0 fully saturated rings. The number of pyridine rings is 1. The first kappa shape index (κ1) is 11.5. The number of unbranched alkanes of at least 4 members (excludes halogenated alkanes) is 1. The number of aromatic nitrogens is 1. The summed E-state index contributed by atoms with van der Waals surface area (Å²) in [5.41, 5.74) is 1.01. The summed E-state index contributed by atoms with van der Waals surface area (Å²) in [6.45, 7) is 3.02. The van der Waals surface area contributed by atoms with Gasteiger partial charge >= 0.3 is 6.09 Å². The predicted octanol–water partition coefficient (Wildman–Crippen LogP) is 2.11. The van der Waals surface area contributed by atoms with Crippen molar-refractivity contribution in [2.24, 2.45) is 0 Å². The van der Waals surface area contributed by atoms with Crippen molar-refractivity contribution in [1.82, 2.24) is 10.3 Å².